The number of aromatic nitrogens is 1. The first kappa shape index (κ1) is 17.1. The minimum atomic E-state index is -0.388. The van der Waals surface area contributed by atoms with Gasteiger partial charge in [0.2, 0.25) is 0 Å². The highest BCUT2D eigenvalue weighted by molar-refractivity contribution is 5.99. The van der Waals surface area contributed by atoms with E-state index in [9.17, 15) is 4.79 Å². The summed E-state index contributed by atoms with van der Waals surface area (Å²) in [6, 6.07) is 16.9. The molecular formula is C22H19NO4. The number of hydrogen-bond acceptors (Lipinski definition) is 5. The lowest BCUT2D eigenvalue weighted by Crippen LogP contribution is -2.16. The quantitative estimate of drug-likeness (QED) is 0.681. The Labute approximate surface area is 157 Å². The maximum absolute atomic E-state index is 12.0. The van der Waals surface area contributed by atoms with Gasteiger partial charge >= 0.3 is 0 Å². The van der Waals surface area contributed by atoms with Crippen LogP contribution in [0.1, 0.15) is 34.0 Å². The van der Waals surface area contributed by atoms with Gasteiger partial charge in [-0.05, 0) is 30.3 Å². The van der Waals surface area contributed by atoms with E-state index in [1.165, 1.54) is 0 Å². The molecule has 5 nitrogen and oxygen atoms in total. The Morgan fingerprint density at radius 3 is 2.70 bits per heavy atom. The number of pyridine rings is 1. The lowest BCUT2D eigenvalue weighted by Gasteiger charge is -2.23. The van der Waals surface area contributed by atoms with Crippen molar-refractivity contribution >= 4 is 5.78 Å². The number of hydrogen-bond donors (Lipinski definition) is 0. The first-order valence-corrected chi connectivity index (χ1v) is 8.76. The smallest absolute Gasteiger partial charge is 0.169 e. The van der Waals surface area contributed by atoms with Gasteiger partial charge in [-0.1, -0.05) is 18.2 Å². The van der Waals surface area contributed by atoms with Crippen LogP contribution in [0.5, 0.6) is 17.2 Å². The summed E-state index contributed by atoms with van der Waals surface area (Å²) in [6.07, 6.45) is 3.49. The molecule has 0 fully saturated rings. The summed E-state index contributed by atoms with van der Waals surface area (Å²) in [6.45, 7) is 0.398. The minimum absolute atomic E-state index is 0.0956. The number of rotatable bonds is 5. The molecule has 3 aromatic rings. The molecule has 1 aliphatic rings. The molecule has 0 radical (unpaired) electrons. The van der Waals surface area contributed by atoms with Crippen LogP contribution in [0.4, 0.5) is 0 Å². The van der Waals surface area contributed by atoms with Gasteiger partial charge in [-0.15, -0.1) is 0 Å². The van der Waals surface area contributed by atoms with E-state index in [0.717, 1.165) is 16.9 Å². The Hall–Kier alpha value is -3.34. The van der Waals surface area contributed by atoms with Crippen molar-refractivity contribution in [2.75, 3.05) is 13.7 Å². The van der Waals surface area contributed by atoms with Crippen molar-refractivity contribution in [3.8, 4) is 17.2 Å². The van der Waals surface area contributed by atoms with Crippen LogP contribution in [0.15, 0.2) is 67.0 Å². The molecule has 0 bridgehead atoms. The minimum Gasteiger partial charge on any atom is -0.496 e. The average molecular weight is 361 g/mol. The monoisotopic (exact) mass is 361 g/mol. The second-order valence-corrected chi connectivity index (χ2v) is 6.20. The maximum atomic E-state index is 12.0. The summed E-state index contributed by atoms with van der Waals surface area (Å²) < 4.78 is 17.5. The highest BCUT2D eigenvalue weighted by atomic mass is 16.5. The summed E-state index contributed by atoms with van der Waals surface area (Å²) >= 11 is 0. The van der Waals surface area contributed by atoms with Crippen LogP contribution in [-0.2, 0) is 0 Å². The van der Waals surface area contributed by atoms with Crippen molar-refractivity contribution in [2.24, 2.45) is 0 Å². The molecule has 1 atom stereocenters. The molecular weight excluding hydrogens is 342 g/mol. The molecule has 4 rings (SSSR count). The van der Waals surface area contributed by atoms with Crippen molar-refractivity contribution in [1.29, 1.82) is 0 Å². The standard InChI is InChI=1S/C22H19NO4/c1-25-20-5-3-2-4-18(20)22(15-8-11-23-12-9-15)27-16-6-7-17-19(24)10-13-26-21(17)14-16/h2-9,11-12,14,22H,10,13H2,1H3/t22-/m1/s1. The Morgan fingerprint density at radius 2 is 1.89 bits per heavy atom. The molecule has 0 aliphatic carbocycles. The summed E-state index contributed by atoms with van der Waals surface area (Å²) in [7, 11) is 1.64. The van der Waals surface area contributed by atoms with Gasteiger partial charge in [-0.25, -0.2) is 0 Å². The molecule has 0 amide bonds. The Bertz CT molecular complexity index is 956. The summed E-state index contributed by atoms with van der Waals surface area (Å²) in [5, 5.41) is 0. The molecule has 2 heterocycles. The molecule has 0 unspecified atom stereocenters. The molecule has 0 N–H and O–H groups in total. The lowest BCUT2D eigenvalue weighted by atomic mass is 10.0. The SMILES string of the molecule is COc1ccccc1[C@H](Oc1ccc2c(c1)OCCC2=O)c1ccncc1. The summed E-state index contributed by atoms with van der Waals surface area (Å²) in [5.74, 6) is 2.02. The molecule has 0 saturated carbocycles. The van der Waals surface area contributed by atoms with E-state index in [1.807, 2.05) is 36.4 Å². The van der Waals surface area contributed by atoms with Gasteiger partial charge in [0.05, 0.1) is 19.3 Å². The van der Waals surface area contributed by atoms with Crippen LogP contribution >= 0.6 is 0 Å². The van der Waals surface area contributed by atoms with Gasteiger partial charge < -0.3 is 14.2 Å². The Balaban J connectivity index is 1.73. The number of para-hydroxylation sites is 1. The number of carbonyl (C=O) groups excluding carboxylic acids is 1. The van der Waals surface area contributed by atoms with Gasteiger partial charge in [-0.2, -0.15) is 0 Å². The first-order chi connectivity index (χ1) is 13.3. The summed E-state index contributed by atoms with van der Waals surface area (Å²) in [4.78, 5) is 16.1. The van der Waals surface area contributed by atoms with E-state index in [-0.39, 0.29) is 11.9 Å². The largest absolute Gasteiger partial charge is 0.496 e. The molecule has 2 aromatic carbocycles. The molecule has 136 valence electrons. The fourth-order valence-electron chi connectivity index (χ4n) is 3.18. The highest BCUT2D eigenvalue weighted by Crippen LogP contribution is 2.36. The number of nitrogens with zero attached hydrogens (tertiary/aromatic N) is 1. The van der Waals surface area contributed by atoms with Gasteiger partial charge in [0.1, 0.15) is 17.2 Å². The van der Waals surface area contributed by atoms with Gasteiger partial charge in [0, 0.05) is 36.0 Å². The van der Waals surface area contributed by atoms with Crippen LogP contribution in [-0.4, -0.2) is 24.5 Å². The van der Waals surface area contributed by atoms with Crippen LogP contribution in [0.25, 0.3) is 0 Å². The molecule has 1 aliphatic heterocycles. The number of ketones is 1. The van der Waals surface area contributed by atoms with E-state index in [1.54, 1.807) is 37.7 Å². The number of ether oxygens (including phenoxy) is 3. The van der Waals surface area contributed by atoms with Gasteiger partial charge in [0.15, 0.2) is 11.9 Å². The molecule has 1 aromatic heterocycles. The van der Waals surface area contributed by atoms with E-state index < -0.39 is 0 Å². The third-order valence-electron chi connectivity index (χ3n) is 4.52. The van der Waals surface area contributed by atoms with Crippen LogP contribution in [0.2, 0.25) is 0 Å². The third-order valence-corrected chi connectivity index (χ3v) is 4.52. The number of benzene rings is 2. The second kappa shape index (κ2) is 7.50. The highest BCUT2D eigenvalue weighted by Gasteiger charge is 2.23. The maximum Gasteiger partial charge on any atom is 0.169 e. The topological polar surface area (TPSA) is 57.7 Å². The fourth-order valence-corrected chi connectivity index (χ4v) is 3.18. The van der Waals surface area contributed by atoms with Gasteiger partial charge in [0.25, 0.3) is 0 Å². The number of carbonyl (C=O) groups is 1. The average Bonchev–Trinajstić information content (AvgIpc) is 2.73. The van der Waals surface area contributed by atoms with Crippen molar-refractivity contribution in [3.05, 3.63) is 83.7 Å². The zero-order valence-corrected chi connectivity index (χ0v) is 14.9. The lowest BCUT2D eigenvalue weighted by molar-refractivity contribution is 0.0933. The number of fused-ring (bicyclic) bond motifs is 1. The van der Waals surface area contributed by atoms with E-state index >= 15 is 0 Å². The molecule has 0 spiro atoms. The van der Waals surface area contributed by atoms with Crippen molar-refractivity contribution < 1.29 is 19.0 Å². The van der Waals surface area contributed by atoms with Crippen LogP contribution in [0.3, 0.4) is 0 Å². The van der Waals surface area contributed by atoms with E-state index in [2.05, 4.69) is 4.98 Å². The van der Waals surface area contributed by atoms with Crippen molar-refractivity contribution in [3.63, 3.8) is 0 Å². The third kappa shape index (κ3) is 3.49. The van der Waals surface area contributed by atoms with Gasteiger partial charge in [-0.3, -0.25) is 9.78 Å². The molecule has 0 saturated heterocycles. The normalized spacial score (nSPS) is 14.0. The van der Waals surface area contributed by atoms with Crippen molar-refractivity contribution in [1.82, 2.24) is 4.98 Å². The Kier molecular flexibility index (Phi) is 4.75. The first-order valence-electron chi connectivity index (χ1n) is 8.76. The van der Waals surface area contributed by atoms with Crippen LogP contribution in [0, 0.1) is 0 Å². The van der Waals surface area contributed by atoms with E-state index in [0.29, 0.717) is 30.1 Å². The number of methoxy groups -OCH3 is 1. The predicted molar refractivity (Wildman–Crippen MR) is 101 cm³/mol. The predicted octanol–water partition coefficient (Wildman–Crippen LogP) is 4.22. The fraction of sp³-hybridized carbons (Fsp3) is 0.182. The molecule has 5 heteroatoms. The molecule has 27 heavy (non-hydrogen) atoms. The summed E-state index contributed by atoms with van der Waals surface area (Å²) in [5.41, 5.74) is 2.46. The zero-order chi connectivity index (χ0) is 18.6. The number of Topliss-reactive ketones (excluding diaryl/α,β-unsaturated/α-hetero) is 1. The van der Waals surface area contributed by atoms with E-state index in [4.69, 9.17) is 14.2 Å². The zero-order valence-electron chi connectivity index (χ0n) is 14.9. The van der Waals surface area contributed by atoms with Crippen LogP contribution < -0.4 is 14.2 Å². The second-order valence-electron chi connectivity index (χ2n) is 6.20. The van der Waals surface area contributed by atoms with Crippen molar-refractivity contribution in [2.45, 2.75) is 12.5 Å². The Morgan fingerprint density at radius 1 is 1.07 bits per heavy atom.